The molecule has 0 heterocycles. The number of carbonyl (C=O) groups excluding carboxylic acids is 2. The Morgan fingerprint density at radius 3 is 2.42 bits per heavy atom. The lowest BCUT2D eigenvalue weighted by Gasteiger charge is -2.10. The largest absolute Gasteiger partial charge is 0.506 e. The molecule has 0 unspecified atom stereocenters. The fourth-order valence-corrected chi connectivity index (χ4v) is 2.87. The number of amides is 1. The van der Waals surface area contributed by atoms with Crippen molar-refractivity contribution >= 4 is 28.3 Å². The van der Waals surface area contributed by atoms with E-state index in [2.05, 4.69) is 5.32 Å². The van der Waals surface area contributed by atoms with Gasteiger partial charge >= 0.3 is 5.97 Å². The molecule has 2 N–H and O–H groups in total. The van der Waals surface area contributed by atoms with E-state index in [1.807, 2.05) is 44.2 Å². The van der Waals surface area contributed by atoms with Gasteiger partial charge < -0.3 is 15.2 Å². The second-order valence-corrected chi connectivity index (χ2v) is 6.18. The summed E-state index contributed by atoms with van der Waals surface area (Å²) >= 11 is 0. The number of fused-ring (bicyclic) bond motifs is 1. The smallest absolute Gasteiger partial charge is 0.342 e. The Morgan fingerprint density at radius 2 is 1.69 bits per heavy atom. The van der Waals surface area contributed by atoms with Crippen molar-refractivity contribution in [2.75, 3.05) is 11.9 Å². The first-order valence-corrected chi connectivity index (χ1v) is 8.20. The molecule has 0 aliphatic carbocycles. The van der Waals surface area contributed by atoms with Gasteiger partial charge in [0.05, 0.1) is 0 Å². The molecule has 0 atom stereocenters. The number of hydrogen-bond acceptors (Lipinski definition) is 4. The van der Waals surface area contributed by atoms with E-state index in [1.165, 1.54) is 6.07 Å². The van der Waals surface area contributed by atoms with E-state index in [4.69, 9.17) is 4.74 Å². The summed E-state index contributed by atoms with van der Waals surface area (Å²) in [4.78, 5) is 24.2. The summed E-state index contributed by atoms with van der Waals surface area (Å²) in [5.41, 5.74) is 2.73. The van der Waals surface area contributed by atoms with Crippen molar-refractivity contribution in [2.24, 2.45) is 0 Å². The molecule has 0 saturated carbocycles. The van der Waals surface area contributed by atoms with Crippen LogP contribution in [-0.2, 0) is 9.53 Å². The Morgan fingerprint density at radius 1 is 1.00 bits per heavy atom. The summed E-state index contributed by atoms with van der Waals surface area (Å²) in [6, 6.07) is 16.0. The molecular formula is C21H19NO4. The lowest BCUT2D eigenvalue weighted by molar-refractivity contribution is -0.119. The zero-order chi connectivity index (χ0) is 18.7. The van der Waals surface area contributed by atoms with Crippen LogP contribution in [0, 0.1) is 13.8 Å². The maximum Gasteiger partial charge on any atom is 0.342 e. The minimum Gasteiger partial charge on any atom is -0.506 e. The third-order valence-electron chi connectivity index (χ3n) is 3.96. The van der Waals surface area contributed by atoms with Gasteiger partial charge in [0.25, 0.3) is 5.91 Å². The zero-order valence-corrected chi connectivity index (χ0v) is 14.6. The van der Waals surface area contributed by atoms with E-state index in [-0.39, 0.29) is 11.3 Å². The highest BCUT2D eigenvalue weighted by Crippen LogP contribution is 2.29. The second-order valence-electron chi connectivity index (χ2n) is 6.18. The van der Waals surface area contributed by atoms with E-state index in [0.29, 0.717) is 11.1 Å². The fraction of sp³-hybridized carbons (Fsp3) is 0.143. The van der Waals surface area contributed by atoms with Crippen LogP contribution in [0.25, 0.3) is 10.8 Å². The monoisotopic (exact) mass is 349 g/mol. The van der Waals surface area contributed by atoms with Gasteiger partial charge in [-0.25, -0.2) is 4.79 Å². The first kappa shape index (κ1) is 17.5. The van der Waals surface area contributed by atoms with Gasteiger partial charge in [0.1, 0.15) is 11.3 Å². The number of carbonyl (C=O) groups is 2. The number of hydrogen-bond donors (Lipinski definition) is 2. The number of nitrogens with one attached hydrogen (secondary N) is 1. The third kappa shape index (κ3) is 3.83. The number of rotatable bonds is 4. The van der Waals surface area contributed by atoms with Crippen molar-refractivity contribution in [3.63, 3.8) is 0 Å². The maximum absolute atomic E-state index is 12.2. The molecule has 26 heavy (non-hydrogen) atoms. The van der Waals surface area contributed by atoms with Gasteiger partial charge in [-0.05, 0) is 48.6 Å². The average molecular weight is 349 g/mol. The van der Waals surface area contributed by atoms with Crippen LogP contribution in [0.15, 0.2) is 54.6 Å². The molecule has 5 heteroatoms. The predicted octanol–water partition coefficient (Wildman–Crippen LogP) is 3.96. The fourth-order valence-electron chi connectivity index (χ4n) is 2.87. The summed E-state index contributed by atoms with van der Waals surface area (Å²) in [6.45, 7) is 3.44. The Kier molecular flexibility index (Phi) is 4.89. The molecule has 3 rings (SSSR count). The van der Waals surface area contributed by atoms with E-state index < -0.39 is 18.5 Å². The molecule has 132 valence electrons. The molecule has 5 nitrogen and oxygen atoms in total. The Bertz CT molecular complexity index is 974. The van der Waals surface area contributed by atoms with Crippen LogP contribution in [0.1, 0.15) is 21.5 Å². The van der Waals surface area contributed by atoms with Crippen LogP contribution in [-0.4, -0.2) is 23.6 Å². The highest BCUT2D eigenvalue weighted by atomic mass is 16.5. The third-order valence-corrected chi connectivity index (χ3v) is 3.96. The molecule has 1 amide bonds. The average Bonchev–Trinajstić information content (AvgIpc) is 2.59. The van der Waals surface area contributed by atoms with Crippen molar-refractivity contribution in [1.29, 1.82) is 0 Å². The molecule has 0 spiro atoms. The first-order valence-electron chi connectivity index (χ1n) is 8.20. The summed E-state index contributed by atoms with van der Waals surface area (Å²) in [6.07, 6.45) is 0. The predicted molar refractivity (Wildman–Crippen MR) is 100 cm³/mol. The standard InChI is InChI=1S/C21H19NO4/c1-13-9-14(2)11-16(10-13)22-19(23)12-26-21(25)18-8-7-15-5-3-4-6-17(15)20(18)24/h3-11,24H,12H2,1-2H3,(H,22,23). The SMILES string of the molecule is Cc1cc(C)cc(NC(=O)COC(=O)c2ccc3ccccc3c2O)c1. The van der Waals surface area contributed by atoms with Crippen LogP contribution < -0.4 is 5.32 Å². The van der Waals surface area contributed by atoms with E-state index >= 15 is 0 Å². The quantitative estimate of drug-likeness (QED) is 0.699. The van der Waals surface area contributed by atoms with Crippen molar-refractivity contribution in [2.45, 2.75) is 13.8 Å². The molecule has 0 aliphatic heterocycles. The molecule has 0 radical (unpaired) electrons. The number of ether oxygens (including phenoxy) is 1. The van der Waals surface area contributed by atoms with Crippen LogP contribution >= 0.6 is 0 Å². The number of phenolic OH excluding ortho intramolecular Hbond substituents is 1. The minimum absolute atomic E-state index is 0.0305. The second kappa shape index (κ2) is 7.27. The molecule has 0 saturated heterocycles. The van der Waals surface area contributed by atoms with Crippen molar-refractivity contribution < 1.29 is 19.4 Å². The Hall–Kier alpha value is -3.34. The molecule has 0 fully saturated rings. The number of phenols is 1. The highest BCUT2D eigenvalue weighted by molar-refractivity contribution is 6.02. The number of esters is 1. The molecule has 0 aliphatic rings. The van der Waals surface area contributed by atoms with Crippen LogP contribution in [0.2, 0.25) is 0 Å². The van der Waals surface area contributed by atoms with Gasteiger partial charge in [0, 0.05) is 11.1 Å². The van der Waals surface area contributed by atoms with Crippen molar-refractivity contribution in [1.82, 2.24) is 0 Å². The van der Waals surface area contributed by atoms with E-state index in [1.54, 1.807) is 18.2 Å². The van der Waals surface area contributed by atoms with E-state index in [9.17, 15) is 14.7 Å². The topological polar surface area (TPSA) is 75.6 Å². The van der Waals surface area contributed by atoms with Gasteiger partial charge in [0.2, 0.25) is 0 Å². The molecule has 3 aromatic rings. The molecule has 3 aromatic carbocycles. The molecule has 0 bridgehead atoms. The first-order chi connectivity index (χ1) is 12.4. The van der Waals surface area contributed by atoms with Gasteiger partial charge in [-0.15, -0.1) is 0 Å². The van der Waals surface area contributed by atoms with E-state index in [0.717, 1.165) is 16.5 Å². The summed E-state index contributed by atoms with van der Waals surface area (Å²) < 4.78 is 5.04. The summed E-state index contributed by atoms with van der Waals surface area (Å²) in [7, 11) is 0. The summed E-state index contributed by atoms with van der Waals surface area (Å²) in [5, 5.41) is 14.3. The number of aryl methyl sites for hydroxylation is 2. The molecule has 0 aromatic heterocycles. The lowest BCUT2D eigenvalue weighted by atomic mass is 10.1. The Labute approximate surface area is 151 Å². The lowest BCUT2D eigenvalue weighted by Crippen LogP contribution is -2.21. The van der Waals surface area contributed by atoms with Gasteiger partial charge in [-0.3, -0.25) is 4.79 Å². The number of anilines is 1. The van der Waals surface area contributed by atoms with Crippen LogP contribution in [0.5, 0.6) is 5.75 Å². The van der Waals surface area contributed by atoms with Crippen molar-refractivity contribution in [3.05, 3.63) is 71.3 Å². The van der Waals surface area contributed by atoms with Gasteiger partial charge in [-0.1, -0.05) is 36.4 Å². The van der Waals surface area contributed by atoms with Crippen LogP contribution in [0.3, 0.4) is 0 Å². The number of aromatic hydroxyl groups is 1. The minimum atomic E-state index is -0.746. The normalized spacial score (nSPS) is 10.5. The molecular weight excluding hydrogens is 330 g/mol. The zero-order valence-electron chi connectivity index (χ0n) is 14.6. The maximum atomic E-state index is 12.2. The summed E-state index contributed by atoms with van der Waals surface area (Å²) in [5.74, 6) is -1.34. The van der Waals surface area contributed by atoms with Crippen LogP contribution in [0.4, 0.5) is 5.69 Å². The number of benzene rings is 3. The Balaban J connectivity index is 1.67. The van der Waals surface area contributed by atoms with Gasteiger partial charge in [0.15, 0.2) is 6.61 Å². The van der Waals surface area contributed by atoms with Crippen molar-refractivity contribution in [3.8, 4) is 5.75 Å². The van der Waals surface area contributed by atoms with Gasteiger partial charge in [-0.2, -0.15) is 0 Å². The highest BCUT2D eigenvalue weighted by Gasteiger charge is 2.16.